The van der Waals surface area contributed by atoms with Gasteiger partial charge in [0.15, 0.2) is 0 Å². The fourth-order valence-electron chi connectivity index (χ4n) is 3.56. The highest BCUT2D eigenvalue weighted by Crippen LogP contribution is 2.23. The summed E-state index contributed by atoms with van der Waals surface area (Å²) >= 11 is 0. The number of ether oxygens (including phenoxy) is 1. The zero-order chi connectivity index (χ0) is 20.7. The van der Waals surface area contributed by atoms with Crippen molar-refractivity contribution in [2.45, 2.75) is 56.0 Å². The molecule has 3 rings (SSSR count). The molecule has 0 unspecified atom stereocenters. The average molecular weight is 417 g/mol. The lowest BCUT2D eigenvalue weighted by atomic mass is 10.1. The van der Waals surface area contributed by atoms with Crippen LogP contribution in [0.5, 0.6) is 5.75 Å². The van der Waals surface area contributed by atoms with E-state index in [1.54, 1.807) is 42.5 Å². The second kappa shape index (κ2) is 9.89. The number of hydrogen-bond donors (Lipinski definition) is 2. The molecule has 0 spiro atoms. The Morgan fingerprint density at radius 3 is 2.31 bits per heavy atom. The van der Waals surface area contributed by atoms with Gasteiger partial charge in [-0.15, -0.1) is 0 Å². The third-order valence-corrected chi connectivity index (χ3v) is 6.67. The third kappa shape index (κ3) is 5.81. The van der Waals surface area contributed by atoms with E-state index in [1.807, 2.05) is 0 Å². The molecule has 1 aliphatic rings. The summed E-state index contributed by atoms with van der Waals surface area (Å²) in [6, 6.07) is 13.7. The second-order valence-electron chi connectivity index (χ2n) is 7.33. The molecule has 0 aliphatic heterocycles. The van der Waals surface area contributed by atoms with E-state index in [2.05, 4.69) is 10.0 Å². The first-order chi connectivity index (χ1) is 14.0. The minimum atomic E-state index is -3.70. The molecule has 1 fully saturated rings. The number of rotatable bonds is 7. The van der Waals surface area contributed by atoms with E-state index >= 15 is 0 Å². The molecule has 7 heteroatoms. The first-order valence-corrected chi connectivity index (χ1v) is 11.5. The van der Waals surface area contributed by atoms with Crippen LogP contribution in [0.3, 0.4) is 0 Å². The monoisotopic (exact) mass is 416 g/mol. The SMILES string of the molecule is COc1ccccc1S(=O)(=O)NCc1ccc(C(=O)NC2CCCCCC2)cc1. The van der Waals surface area contributed by atoms with Crippen LogP contribution in [0.4, 0.5) is 0 Å². The lowest BCUT2D eigenvalue weighted by Crippen LogP contribution is -2.34. The topological polar surface area (TPSA) is 84.5 Å². The first-order valence-electron chi connectivity index (χ1n) is 10.0. The number of methoxy groups -OCH3 is 1. The van der Waals surface area contributed by atoms with Crippen LogP contribution in [0.2, 0.25) is 0 Å². The van der Waals surface area contributed by atoms with Gasteiger partial charge in [-0.3, -0.25) is 4.79 Å². The van der Waals surface area contributed by atoms with Crippen LogP contribution in [0.15, 0.2) is 53.4 Å². The van der Waals surface area contributed by atoms with E-state index in [1.165, 1.54) is 26.0 Å². The van der Waals surface area contributed by atoms with Crippen LogP contribution in [0.25, 0.3) is 0 Å². The maximum atomic E-state index is 12.6. The summed E-state index contributed by atoms with van der Waals surface area (Å²) in [5, 5.41) is 3.12. The van der Waals surface area contributed by atoms with Crippen molar-refractivity contribution in [2.24, 2.45) is 0 Å². The number of nitrogens with one attached hydrogen (secondary N) is 2. The summed E-state index contributed by atoms with van der Waals surface area (Å²) in [4.78, 5) is 12.6. The van der Waals surface area contributed by atoms with E-state index in [4.69, 9.17) is 4.74 Å². The van der Waals surface area contributed by atoms with Crippen LogP contribution in [0, 0.1) is 0 Å². The fourth-order valence-corrected chi connectivity index (χ4v) is 4.75. The van der Waals surface area contributed by atoms with Crippen molar-refractivity contribution in [3.63, 3.8) is 0 Å². The van der Waals surface area contributed by atoms with Gasteiger partial charge in [-0.05, 0) is 42.7 Å². The highest BCUT2D eigenvalue weighted by atomic mass is 32.2. The largest absolute Gasteiger partial charge is 0.495 e. The van der Waals surface area contributed by atoms with Crippen molar-refractivity contribution >= 4 is 15.9 Å². The predicted molar refractivity (Wildman–Crippen MR) is 112 cm³/mol. The molecule has 0 heterocycles. The van der Waals surface area contributed by atoms with Gasteiger partial charge in [0.25, 0.3) is 5.91 Å². The Balaban J connectivity index is 1.59. The van der Waals surface area contributed by atoms with Gasteiger partial charge in [0.05, 0.1) is 7.11 Å². The van der Waals surface area contributed by atoms with Gasteiger partial charge in [0.2, 0.25) is 10.0 Å². The van der Waals surface area contributed by atoms with Crippen LogP contribution < -0.4 is 14.8 Å². The van der Waals surface area contributed by atoms with Crippen LogP contribution >= 0.6 is 0 Å². The summed E-state index contributed by atoms with van der Waals surface area (Å²) in [5.41, 5.74) is 1.36. The second-order valence-corrected chi connectivity index (χ2v) is 9.07. The Bertz CT molecular complexity index is 918. The molecule has 0 radical (unpaired) electrons. The molecular weight excluding hydrogens is 388 g/mol. The third-order valence-electron chi connectivity index (χ3n) is 5.23. The first kappa shape index (κ1) is 21.3. The summed E-state index contributed by atoms with van der Waals surface area (Å²) < 4.78 is 32.8. The summed E-state index contributed by atoms with van der Waals surface area (Å²) in [6.07, 6.45) is 6.88. The smallest absolute Gasteiger partial charge is 0.251 e. The molecule has 0 saturated heterocycles. The Hall–Kier alpha value is -2.38. The molecule has 2 N–H and O–H groups in total. The van der Waals surface area contributed by atoms with Gasteiger partial charge in [0, 0.05) is 18.2 Å². The molecule has 156 valence electrons. The molecule has 29 heavy (non-hydrogen) atoms. The minimum absolute atomic E-state index is 0.0712. The summed E-state index contributed by atoms with van der Waals surface area (Å²) in [6.45, 7) is 0.130. The predicted octanol–water partition coefficient (Wildman–Crippen LogP) is 3.63. The maximum absolute atomic E-state index is 12.6. The molecule has 1 saturated carbocycles. The minimum Gasteiger partial charge on any atom is -0.495 e. The number of benzene rings is 2. The summed E-state index contributed by atoms with van der Waals surface area (Å²) in [5.74, 6) is 0.226. The highest BCUT2D eigenvalue weighted by molar-refractivity contribution is 7.89. The standard InChI is InChI=1S/C22H28N2O4S/c1-28-20-10-6-7-11-21(20)29(26,27)23-16-17-12-14-18(15-13-17)22(25)24-19-8-4-2-3-5-9-19/h6-7,10-15,19,23H,2-5,8-9,16H2,1H3,(H,24,25). The fraction of sp³-hybridized carbons (Fsp3) is 0.409. The molecule has 0 atom stereocenters. The number of para-hydroxylation sites is 1. The maximum Gasteiger partial charge on any atom is 0.251 e. The van der Waals surface area contributed by atoms with Crippen molar-refractivity contribution in [1.29, 1.82) is 0 Å². The van der Waals surface area contributed by atoms with E-state index in [0.717, 1.165) is 31.2 Å². The van der Waals surface area contributed by atoms with Gasteiger partial charge in [-0.25, -0.2) is 13.1 Å². The Morgan fingerprint density at radius 2 is 1.66 bits per heavy atom. The molecule has 0 aromatic heterocycles. The van der Waals surface area contributed by atoms with Crippen molar-refractivity contribution < 1.29 is 17.9 Å². The molecule has 2 aromatic carbocycles. The van der Waals surface area contributed by atoms with Gasteiger partial charge in [-0.1, -0.05) is 49.9 Å². The van der Waals surface area contributed by atoms with Gasteiger partial charge < -0.3 is 10.1 Å². The zero-order valence-corrected chi connectivity index (χ0v) is 17.5. The van der Waals surface area contributed by atoms with E-state index < -0.39 is 10.0 Å². The van der Waals surface area contributed by atoms with Crippen molar-refractivity contribution in [1.82, 2.24) is 10.0 Å². The lowest BCUT2D eigenvalue weighted by molar-refractivity contribution is 0.0933. The van der Waals surface area contributed by atoms with Gasteiger partial charge >= 0.3 is 0 Å². The number of hydrogen-bond acceptors (Lipinski definition) is 4. The number of sulfonamides is 1. The number of carbonyl (C=O) groups excluding carboxylic acids is 1. The summed E-state index contributed by atoms with van der Waals surface area (Å²) in [7, 11) is -2.27. The molecule has 6 nitrogen and oxygen atoms in total. The molecule has 0 bridgehead atoms. The highest BCUT2D eigenvalue weighted by Gasteiger charge is 2.19. The zero-order valence-electron chi connectivity index (χ0n) is 16.7. The average Bonchev–Trinajstić information content (AvgIpc) is 3.01. The lowest BCUT2D eigenvalue weighted by Gasteiger charge is -2.16. The number of amides is 1. The van der Waals surface area contributed by atoms with Crippen LogP contribution in [-0.4, -0.2) is 27.5 Å². The normalized spacial score (nSPS) is 15.5. The van der Waals surface area contributed by atoms with Crippen molar-refractivity contribution in [2.75, 3.05) is 7.11 Å². The van der Waals surface area contributed by atoms with Crippen LogP contribution in [0.1, 0.15) is 54.4 Å². The molecular formula is C22H28N2O4S. The van der Waals surface area contributed by atoms with E-state index in [-0.39, 0.29) is 23.4 Å². The van der Waals surface area contributed by atoms with Gasteiger partial charge in [0.1, 0.15) is 10.6 Å². The molecule has 1 aliphatic carbocycles. The molecule has 1 amide bonds. The number of carbonyl (C=O) groups is 1. The van der Waals surface area contributed by atoms with Crippen LogP contribution in [-0.2, 0) is 16.6 Å². The quantitative estimate of drug-likeness (QED) is 0.675. The Labute approximate surface area is 172 Å². The van der Waals surface area contributed by atoms with E-state index in [0.29, 0.717) is 11.3 Å². The van der Waals surface area contributed by atoms with Crippen molar-refractivity contribution in [3.8, 4) is 5.75 Å². The Kier molecular flexibility index (Phi) is 7.28. The van der Waals surface area contributed by atoms with Gasteiger partial charge in [-0.2, -0.15) is 0 Å². The van der Waals surface area contributed by atoms with E-state index in [9.17, 15) is 13.2 Å². The Morgan fingerprint density at radius 1 is 1.00 bits per heavy atom. The van der Waals surface area contributed by atoms with Crippen molar-refractivity contribution in [3.05, 3.63) is 59.7 Å². The molecule has 2 aromatic rings.